The predicted molar refractivity (Wildman–Crippen MR) is 105 cm³/mol. The first-order chi connectivity index (χ1) is 13.6. The average molecular weight is 403 g/mol. The number of ketones is 1. The Labute approximate surface area is 169 Å². The van der Waals surface area contributed by atoms with Gasteiger partial charge in [0, 0.05) is 23.8 Å². The molecule has 1 atom stereocenters. The zero-order chi connectivity index (χ0) is 20.0. The highest BCUT2D eigenvalue weighted by Gasteiger charge is 2.46. The minimum Gasteiger partial charge on any atom is -0.435 e. The van der Waals surface area contributed by atoms with Crippen LogP contribution in [0.15, 0.2) is 48.8 Å². The smallest absolute Gasteiger partial charge is 0.340 e. The van der Waals surface area contributed by atoms with Gasteiger partial charge in [-0.25, -0.2) is 4.79 Å². The molecule has 1 aromatic heterocycles. The summed E-state index contributed by atoms with van der Waals surface area (Å²) < 4.78 is 10.7. The van der Waals surface area contributed by atoms with Crippen molar-refractivity contribution in [2.24, 2.45) is 0 Å². The van der Waals surface area contributed by atoms with Crippen LogP contribution in [0.5, 0.6) is 0 Å². The van der Waals surface area contributed by atoms with Gasteiger partial charge in [-0.1, -0.05) is 36.2 Å². The number of hydrogen-bond donors (Lipinski definition) is 0. The number of carbonyl (C=O) groups is 2. The Morgan fingerprint density at radius 2 is 1.96 bits per heavy atom. The van der Waals surface area contributed by atoms with Gasteiger partial charge in [0.25, 0.3) is 0 Å². The van der Waals surface area contributed by atoms with Crippen molar-refractivity contribution in [3.8, 4) is 0 Å². The SMILES string of the molecule is CN(COCOC(=O)c1ccncc1)C1(c2ccccc2Cl)CCCCC1=O. The predicted octanol–water partition coefficient (Wildman–Crippen LogP) is 3.79. The number of nitrogens with zero attached hydrogens (tertiary/aromatic N) is 2. The maximum absolute atomic E-state index is 13.0. The van der Waals surface area contributed by atoms with Crippen molar-refractivity contribution in [3.63, 3.8) is 0 Å². The van der Waals surface area contributed by atoms with E-state index in [0.29, 0.717) is 23.4 Å². The molecule has 6 nitrogen and oxygen atoms in total. The van der Waals surface area contributed by atoms with Crippen LogP contribution in [0.2, 0.25) is 5.02 Å². The van der Waals surface area contributed by atoms with Crippen LogP contribution >= 0.6 is 11.6 Å². The second-order valence-electron chi connectivity index (χ2n) is 6.79. The molecule has 0 N–H and O–H groups in total. The molecule has 1 aliphatic rings. The first-order valence-electron chi connectivity index (χ1n) is 9.20. The zero-order valence-electron chi connectivity index (χ0n) is 15.8. The van der Waals surface area contributed by atoms with Crippen molar-refractivity contribution in [1.82, 2.24) is 9.88 Å². The van der Waals surface area contributed by atoms with Gasteiger partial charge in [-0.05, 0) is 43.7 Å². The van der Waals surface area contributed by atoms with E-state index in [9.17, 15) is 9.59 Å². The lowest BCUT2D eigenvalue weighted by atomic mass is 9.74. The lowest BCUT2D eigenvalue weighted by Crippen LogP contribution is -2.52. The fourth-order valence-electron chi connectivity index (χ4n) is 3.65. The maximum Gasteiger partial charge on any atom is 0.340 e. The van der Waals surface area contributed by atoms with Crippen molar-refractivity contribution >= 4 is 23.4 Å². The average Bonchev–Trinajstić information content (AvgIpc) is 2.72. The number of rotatable bonds is 7. The summed E-state index contributed by atoms with van der Waals surface area (Å²) in [7, 11) is 1.83. The molecule has 28 heavy (non-hydrogen) atoms. The maximum atomic E-state index is 13.0. The first-order valence-corrected chi connectivity index (χ1v) is 9.58. The molecule has 0 amide bonds. The molecule has 0 radical (unpaired) electrons. The summed E-state index contributed by atoms with van der Waals surface area (Å²) >= 11 is 6.43. The third-order valence-corrected chi connectivity index (χ3v) is 5.43. The van der Waals surface area contributed by atoms with Gasteiger partial charge < -0.3 is 9.47 Å². The number of esters is 1. The van der Waals surface area contributed by atoms with Crippen LogP contribution in [-0.4, -0.2) is 42.2 Å². The minimum absolute atomic E-state index is 0.126. The van der Waals surface area contributed by atoms with Crippen LogP contribution in [0, 0.1) is 0 Å². The molecule has 1 fully saturated rings. The van der Waals surface area contributed by atoms with Crippen LogP contribution in [0.4, 0.5) is 0 Å². The summed E-state index contributed by atoms with van der Waals surface area (Å²) in [5, 5.41) is 0.564. The molecule has 1 saturated carbocycles. The molecule has 1 aliphatic carbocycles. The van der Waals surface area contributed by atoms with Gasteiger partial charge in [0.15, 0.2) is 12.6 Å². The molecule has 7 heteroatoms. The molecule has 1 unspecified atom stereocenters. The number of Topliss-reactive ketones (excluding diaryl/α,β-unsaturated/α-hetero) is 1. The van der Waals surface area contributed by atoms with Crippen LogP contribution in [0.3, 0.4) is 0 Å². The molecule has 2 aromatic rings. The molecule has 1 heterocycles. The van der Waals surface area contributed by atoms with E-state index in [1.165, 1.54) is 12.4 Å². The summed E-state index contributed by atoms with van der Waals surface area (Å²) in [6, 6.07) is 10.6. The fraction of sp³-hybridized carbons (Fsp3) is 0.381. The molecular weight excluding hydrogens is 380 g/mol. The molecule has 0 saturated heterocycles. The molecule has 3 rings (SSSR count). The standard InChI is InChI=1S/C21H23ClN2O4/c1-24(14-27-15-28-20(26)16-9-12-23-13-10-16)21(11-5-4-8-19(21)25)17-6-2-3-7-18(17)22/h2-3,6-7,9-10,12-13H,4-5,8,11,14-15H2,1H3. The van der Waals surface area contributed by atoms with E-state index >= 15 is 0 Å². The van der Waals surface area contributed by atoms with E-state index in [4.69, 9.17) is 21.1 Å². The Morgan fingerprint density at radius 1 is 1.21 bits per heavy atom. The molecule has 0 aliphatic heterocycles. The van der Waals surface area contributed by atoms with Gasteiger partial charge in [-0.15, -0.1) is 0 Å². The second-order valence-corrected chi connectivity index (χ2v) is 7.19. The number of likely N-dealkylation sites (N-methyl/N-ethyl adjacent to an activating group) is 1. The zero-order valence-corrected chi connectivity index (χ0v) is 16.5. The second kappa shape index (κ2) is 9.28. The monoisotopic (exact) mass is 402 g/mol. The number of carbonyl (C=O) groups excluding carboxylic acids is 2. The quantitative estimate of drug-likeness (QED) is 0.398. The summed E-state index contributed by atoms with van der Waals surface area (Å²) in [6.45, 7) is -0.0844. The van der Waals surface area contributed by atoms with Crippen molar-refractivity contribution < 1.29 is 19.1 Å². The highest BCUT2D eigenvalue weighted by molar-refractivity contribution is 6.31. The number of ether oxygens (including phenoxy) is 2. The van der Waals surface area contributed by atoms with E-state index < -0.39 is 11.5 Å². The Balaban J connectivity index is 1.66. The molecule has 1 aromatic carbocycles. The van der Waals surface area contributed by atoms with Gasteiger partial charge in [-0.2, -0.15) is 0 Å². The Kier molecular flexibility index (Phi) is 6.78. The molecule has 0 bridgehead atoms. The van der Waals surface area contributed by atoms with Crippen molar-refractivity contribution in [2.75, 3.05) is 20.6 Å². The summed E-state index contributed by atoms with van der Waals surface area (Å²) in [5.41, 5.74) is 0.370. The fourth-order valence-corrected chi connectivity index (χ4v) is 3.95. The van der Waals surface area contributed by atoms with E-state index in [2.05, 4.69) is 4.98 Å². The van der Waals surface area contributed by atoms with Crippen LogP contribution in [-0.2, 0) is 19.8 Å². The van der Waals surface area contributed by atoms with Crippen LogP contribution in [0.1, 0.15) is 41.6 Å². The van der Waals surface area contributed by atoms with Crippen molar-refractivity contribution in [1.29, 1.82) is 0 Å². The van der Waals surface area contributed by atoms with E-state index in [1.807, 2.05) is 30.1 Å². The minimum atomic E-state index is -0.828. The van der Waals surface area contributed by atoms with Crippen molar-refractivity contribution in [2.45, 2.75) is 31.2 Å². The largest absolute Gasteiger partial charge is 0.435 e. The Bertz CT molecular complexity index is 830. The Morgan fingerprint density at radius 3 is 2.68 bits per heavy atom. The number of hydrogen-bond acceptors (Lipinski definition) is 6. The van der Waals surface area contributed by atoms with Crippen LogP contribution < -0.4 is 0 Å². The molecular formula is C21H23ClN2O4. The number of benzene rings is 1. The first kappa shape index (κ1) is 20.5. The highest BCUT2D eigenvalue weighted by Crippen LogP contribution is 2.42. The third-order valence-electron chi connectivity index (χ3n) is 5.10. The number of pyridine rings is 1. The number of aromatic nitrogens is 1. The number of halogens is 1. The van der Waals surface area contributed by atoms with Crippen LogP contribution in [0.25, 0.3) is 0 Å². The van der Waals surface area contributed by atoms with Gasteiger partial charge in [-0.3, -0.25) is 14.7 Å². The summed E-state index contributed by atoms with van der Waals surface area (Å²) in [6.07, 6.45) is 6.03. The summed E-state index contributed by atoms with van der Waals surface area (Å²) in [4.78, 5) is 30.7. The lowest BCUT2D eigenvalue weighted by Gasteiger charge is -2.43. The van der Waals surface area contributed by atoms with E-state index in [1.54, 1.807) is 18.2 Å². The Hall–Kier alpha value is -2.28. The normalized spacial score (nSPS) is 19.6. The molecule has 148 valence electrons. The van der Waals surface area contributed by atoms with Gasteiger partial charge in [0.05, 0.1) is 5.56 Å². The topological polar surface area (TPSA) is 68.7 Å². The van der Waals surface area contributed by atoms with Gasteiger partial charge in [0.1, 0.15) is 12.3 Å². The van der Waals surface area contributed by atoms with E-state index in [-0.39, 0.29) is 19.3 Å². The van der Waals surface area contributed by atoms with E-state index in [0.717, 1.165) is 18.4 Å². The summed E-state index contributed by atoms with van der Waals surface area (Å²) in [5.74, 6) is -0.355. The van der Waals surface area contributed by atoms with Crippen molar-refractivity contribution in [3.05, 3.63) is 64.9 Å². The molecule has 0 spiro atoms. The van der Waals surface area contributed by atoms with Gasteiger partial charge in [0.2, 0.25) is 0 Å². The lowest BCUT2D eigenvalue weighted by molar-refractivity contribution is -0.143. The highest BCUT2D eigenvalue weighted by atomic mass is 35.5. The van der Waals surface area contributed by atoms with Gasteiger partial charge >= 0.3 is 5.97 Å². The third kappa shape index (κ3) is 4.24.